The summed E-state index contributed by atoms with van der Waals surface area (Å²) < 4.78 is 0. The van der Waals surface area contributed by atoms with Crippen LogP contribution in [-0.2, 0) is 0 Å². The number of anilines is 1. The Hall–Kier alpha value is -1.13. The van der Waals surface area contributed by atoms with E-state index in [4.69, 9.17) is 0 Å². The van der Waals surface area contributed by atoms with Crippen molar-refractivity contribution >= 4 is 5.69 Å². The first-order valence-corrected chi connectivity index (χ1v) is 7.91. The number of nitrogens with zero attached hydrogens (tertiary/aromatic N) is 3. The average molecular weight is 276 g/mol. The molecule has 1 saturated heterocycles. The molecule has 0 bridgehead atoms. The van der Waals surface area contributed by atoms with Crippen LogP contribution in [0.4, 0.5) is 5.69 Å². The van der Waals surface area contributed by atoms with Crippen molar-refractivity contribution in [2.75, 3.05) is 44.2 Å². The van der Waals surface area contributed by atoms with Crippen LogP contribution in [0.5, 0.6) is 0 Å². The number of aromatic nitrogens is 1. The molecule has 112 valence electrons. The van der Waals surface area contributed by atoms with E-state index in [0.29, 0.717) is 6.04 Å². The maximum absolute atomic E-state index is 4.61. The number of rotatable bonds is 6. The van der Waals surface area contributed by atoms with Crippen LogP contribution in [0.25, 0.3) is 0 Å². The fourth-order valence-electron chi connectivity index (χ4n) is 2.80. The number of hydrogen-bond acceptors (Lipinski definition) is 4. The van der Waals surface area contributed by atoms with Gasteiger partial charge in [-0.3, -0.25) is 9.88 Å². The minimum Gasteiger partial charge on any atom is -0.368 e. The number of pyridine rings is 1. The summed E-state index contributed by atoms with van der Waals surface area (Å²) in [5.41, 5.74) is 2.38. The summed E-state index contributed by atoms with van der Waals surface area (Å²) in [4.78, 5) is 9.60. The van der Waals surface area contributed by atoms with Crippen molar-refractivity contribution in [1.29, 1.82) is 0 Å². The molecule has 2 heterocycles. The average Bonchev–Trinajstić information content (AvgIpc) is 2.49. The predicted octanol–water partition coefficient (Wildman–Crippen LogP) is 2.28. The van der Waals surface area contributed by atoms with Crippen LogP contribution in [0.15, 0.2) is 18.3 Å². The standard InChI is InChI=1S/C16H28N4/c1-4-8-19-9-11-20(12-10-19)15-6-7-16(18-13-15)14(3)17-5-2/h6-7,13-14,17H,4-5,8-12H2,1-3H3. The normalized spacial score (nSPS) is 18.2. The zero-order valence-electron chi connectivity index (χ0n) is 13.1. The Balaban J connectivity index is 1.91. The van der Waals surface area contributed by atoms with Crippen molar-refractivity contribution in [3.05, 3.63) is 24.0 Å². The third kappa shape index (κ3) is 3.93. The Bertz CT molecular complexity index is 382. The van der Waals surface area contributed by atoms with Crippen molar-refractivity contribution in [1.82, 2.24) is 15.2 Å². The lowest BCUT2D eigenvalue weighted by molar-refractivity contribution is 0.258. The maximum atomic E-state index is 4.61. The van der Waals surface area contributed by atoms with Crippen LogP contribution < -0.4 is 10.2 Å². The maximum Gasteiger partial charge on any atom is 0.0572 e. The molecule has 4 heteroatoms. The van der Waals surface area contributed by atoms with Gasteiger partial charge < -0.3 is 10.2 Å². The highest BCUT2D eigenvalue weighted by Crippen LogP contribution is 2.18. The summed E-state index contributed by atoms with van der Waals surface area (Å²) >= 11 is 0. The third-order valence-electron chi connectivity index (χ3n) is 4.00. The van der Waals surface area contributed by atoms with E-state index in [0.717, 1.165) is 25.3 Å². The molecule has 1 atom stereocenters. The molecule has 1 aromatic heterocycles. The van der Waals surface area contributed by atoms with Gasteiger partial charge in [-0.2, -0.15) is 0 Å². The summed E-state index contributed by atoms with van der Waals surface area (Å²) in [6.07, 6.45) is 3.28. The quantitative estimate of drug-likeness (QED) is 0.864. The first-order valence-electron chi connectivity index (χ1n) is 7.91. The van der Waals surface area contributed by atoms with Crippen LogP contribution in [0.1, 0.15) is 38.9 Å². The summed E-state index contributed by atoms with van der Waals surface area (Å²) in [7, 11) is 0. The van der Waals surface area contributed by atoms with Gasteiger partial charge in [0.05, 0.1) is 17.6 Å². The summed E-state index contributed by atoms with van der Waals surface area (Å²) in [5, 5.41) is 3.40. The van der Waals surface area contributed by atoms with Crippen LogP contribution in [0.3, 0.4) is 0 Å². The smallest absolute Gasteiger partial charge is 0.0572 e. The van der Waals surface area contributed by atoms with E-state index < -0.39 is 0 Å². The summed E-state index contributed by atoms with van der Waals surface area (Å²) in [5.74, 6) is 0. The van der Waals surface area contributed by atoms with E-state index in [2.05, 4.69) is 53.0 Å². The fraction of sp³-hybridized carbons (Fsp3) is 0.688. The lowest BCUT2D eigenvalue weighted by Crippen LogP contribution is -2.46. The van der Waals surface area contributed by atoms with E-state index in [1.54, 1.807) is 0 Å². The van der Waals surface area contributed by atoms with Crippen molar-refractivity contribution < 1.29 is 0 Å². The minimum absolute atomic E-state index is 0.329. The van der Waals surface area contributed by atoms with Gasteiger partial charge in [-0.1, -0.05) is 13.8 Å². The van der Waals surface area contributed by atoms with Crippen LogP contribution in [0, 0.1) is 0 Å². The summed E-state index contributed by atoms with van der Waals surface area (Å²) in [6.45, 7) is 13.3. The molecular weight excluding hydrogens is 248 g/mol. The minimum atomic E-state index is 0.329. The highest BCUT2D eigenvalue weighted by Gasteiger charge is 2.16. The van der Waals surface area contributed by atoms with Crippen molar-refractivity contribution in [2.45, 2.75) is 33.2 Å². The largest absolute Gasteiger partial charge is 0.368 e. The predicted molar refractivity (Wildman–Crippen MR) is 85.3 cm³/mol. The second-order valence-electron chi connectivity index (χ2n) is 5.55. The molecule has 0 aromatic carbocycles. The Morgan fingerprint density at radius 1 is 1.20 bits per heavy atom. The molecule has 4 nitrogen and oxygen atoms in total. The number of piperazine rings is 1. The molecule has 0 amide bonds. The van der Waals surface area contributed by atoms with E-state index in [1.165, 1.54) is 31.7 Å². The van der Waals surface area contributed by atoms with Crippen molar-refractivity contribution in [2.24, 2.45) is 0 Å². The van der Waals surface area contributed by atoms with E-state index in [9.17, 15) is 0 Å². The van der Waals surface area contributed by atoms with Gasteiger partial charge in [-0.05, 0) is 38.6 Å². The first-order chi connectivity index (χ1) is 9.74. The Morgan fingerprint density at radius 3 is 2.50 bits per heavy atom. The Kier molecular flexibility index (Phi) is 5.80. The van der Waals surface area contributed by atoms with Gasteiger partial charge in [0, 0.05) is 32.2 Å². The van der Waals surface area contributed by atoms with Crippen LogP contribution in [-0.4, -0.2) is 49.2 Å². The van der Waals surface area contributed by atoms with Gasteiger partial charge in [0.1, 0.15) is 0 Å². The highest BCUT2D eigenvalue weighted by atomic mass is 15.3. The van der Waals surface area contributed by atoms with Gasteiger partial charge in [0.25, 0.3) is 0 Å². The molecule has 0 spiro atoms. The van der Waals surface area contributed by atoms with Crippen molar-refractivity contribution in [3.63, 3.8) is 0 Å². The second-order valence-corrected chi connectivity index (χ2v) is 5.55. The van der Waals surface area contributed by atoms with E-state index in [-0.39, 0.29) is 0 Å². The SMILES string of the molecule is CCCN1CCN(c2ccc(C(C)NCC)nc2)CC1. The lowest BCUT2D eigenvalue weighted by atomic mass is 10.2. The topological polar surface area (TPSA) is 31.4 Å². The molecule has 1 aromatic rings. The third-order valence-corrected chi connectivity index (χ3v) is 4.00. The molecule has 1 unspecified atom stereocenters. The van der Waals surface area contributed by atoms with Crippen LogP contribution in [0.2, 0.25) is 0 Å². The summed E-state index contributed by atoms with van der Waals surface area (Å²) in [6, 6.07) is 4.70. The van der Waals surface area contributed by atoms with E-state index >= 15 is 0 Å². The second kappa shape index (κ2) is 7.60. The Labute approximate surface area is 123 Å². The number of nitrogens with one attached hydrogen (secondary N) is 1. The van der Waals surface area contributed by atoms with Gasteiger partial charge >= 0.3 is 0 Å². The lowest BCUT2D eigenvalue weighted by Gasteiger charge is -2.35. The number of hydrogen-bond donors (Lipinski definition) is 1. The van der Waals surface area contributed by atoms with Crippen LogP contribution >= 0.6 is 0 Å². The molecular formula is C16H28N4. The van der Waals surface area contributed by atoms with E-state index in [1.807, 2.05) is 6.20 Å². The molecule has 2 rings (SSSR count). The molecule has 0 radical (unpaired) electrons. The monoisotopic (exact) mass is 276 g/mol. The molecule has 0 saturated carbocycles. The molecule has 1 aliphatic heterocycles. The van der Waals surface area contributed by atoms with Gasteiger partial charge in [0.15, 0.2) is 0 Å². The highest BCUT2D eigenvalue weighted by molar-refractivity contribution is 5.45. The molecule has 1 fully saturated rings. The van der Waals surface area contributed by atoms with Crippen molar-refractivity contribution in [3.8, 4) is 0 Å². The van der Waals surface area contributed by atoms with Gasteiger partial charge in [-0.25, -0.2) is 0 Å². The molecule has 1 N–H and O–H groups in total. The van der Waals surface area contributed by atoms with Gasteiger partial charge in [-0.15, -0.1) is 0 Å². The fourth-order valence-corrected chi connectivity index (χ4v) is 2.80. The van der Waals surface area contributed by atoms with Gasteiger partial charge in [0.2, 0.25) is 0 Å². The molecule has 1 aliphatic rings. The molecule has 20 heavy (non-hydrogen) atoms. The first kappa shape index (κ1) is 15.3. The molecule has 0 aliphatic carbocycles. The Morgan fingerprint density at radius 2 is 1.95 bits per heavy atom. The zero-order chi connectivity index (χ0) is 14.4. The zero-order valence-corrected chi connectivity index (χ0v) is 13.1.